The molecule has 0 aliphatic heterocycles. The van der Waals surface area contributed by atoms with Gasteiger partial charge < -0.3 is 15.0 Å². The molecule has 0 bridgehead atoms. The number of hydrogen-bond donors (Lipinski definition) is 1. The highest BCUT2D eigenvalue weighted by Crippen LogP contribution is 2.27. The fraction of sp³-hybridized carbons (Fsp3) is 0.471. The Labute approximate surface area is 127 Å². The molecule has 114 valence electrons. The van der Waals surface area contributed by atoms with Crippen molar-refractivity contribution in [1.82, 2.24) is 10.3 Å². The molecule has 0 spiro atoms. The highest BCUT2D eigenvalue weighted by Gasteiger charge is 2.14. The number of pyridine rings is 1. The number of aromatic nitrogens is 1. The van der Waals surface area contributed by atoms with Gasteiger partial charge in [-0.25, -0.2) is 0 Å². The fourth-order valence-electron chi connectivity index (χ4n) is 2.44. The summed E-state index contributed by atoms with van der Waals surface area (Å²) < 4.78 is 5.28. The maximum atomic E-state index is 5.28. The number of nitrogens with one attached hydrogen (secondary N) is 1. The molecule has 0 saturated carbocycles. The molecule has 0 fully saturated rings. The van der Waals surface area contributed by atoms with Crippen LogP contribution in [0.2, 0.25) is 0 Å². The molecular weight excluding hydrogens is 262 g/mol. The smallest absolute Gasteiger partial charge is 0.0726 e. The lowest BCUT2D eigenvalue weighted by Gasteiger charge is -2.28. The maximum Gasteiger partial charge on any atom is 0.0726 e. The average Bonchev–Trinajstić information content (AvgIpc) is 2.51. The molecule has 2 aromatic rings. The highest BCUT2D eigenvalue weighted by atomic mass is 16.5. The zero-order valence-corrected chi connectivity index (χ0v) is 13.4. The van der Waals surface area contributed by atoms with Gasteiger partial charge in [-0.15, -0.1) is 0 Å². The summed E-state index contributed by atoms with van der Waals surface area (Å²) in [6.07, 6.45) is 0. The molecule has 1 heterocycles. The van der Waals surface area contributed by atoms with Crippen LogP contribution in [-0.2, 0) is 11.3 Å². The number of methoxy groups -OCH3 is 1. The topological polar surface area (TPSA) is 37.4 Å². The number of rotatable bonds is 7. The molecule has 0 amide bonds. The van der Waals surface area contributed by atoms with Crippen molar-refractivity contribution in [3.63, 3.8) is 0 Å². The van der Waals surface area contributed by atoms with Crippen LogP contribution in [-0.4, -0.2) is 38.3 Å². The predicted octanol–water partition coefficient (Wildman–Crippen LogP) is 2.82. The van der Waals surface area contributed by atoms with E-state index in [1.54, 1.807) is 7.11 Å². The second-order valence-corrected chi connectivity index (χ2v) is 5.35. The lowest BCUT2D eigenvalue weighted by atomic mass is 10.1. The van der Waals surface area contributed by atoms with Gasteiger partial charge in [0.15, 0.2) is 0 Å². The third-order valence-corrected chi connectivity index (χ3v) is 3.75. The quantitative estimate of drug-likeness (QED) is 0.849. The van der Waals surface area contributed by atoms with E-state index in [1.165, 1.54) is 11.1 Å². The average molecular weight is 287 g/mol. The van der Waals surface area contributed by atoms with E-state index in [9.17, 15) is 0 Å². The van der Waals surface area contributed by atoms with Gasteiger partial charge in [0.1, 0.15) is 0 Å². The minimum Gasteiger partial charge on any atom is -0.383 e. The van der Waals surface area contributed by atoms with Gasteiger partial charge in [0.05, 0.1) is 17.8 Å². The molecule has 1 atom stereocenters. The van der Waals surface area contributed by atoms with E-state index in [0.29, 0.717) is 12.6 Å². The first kappa shape index (κ1) is 15.7. The summed E-state index contributed by atoms with van der Waals surface area (Å²) in [6, 6.07) is 10.8. The Morgan fingerprint density at radius 2 is 2.10 bits per heavy atom. The Kier molecular flexibility index (Phi) is 5.53. The van der Waals surface area contributed by atoms with Crippen molar-refractivity contribution in [2.45, 2.75) is 26.4 Å². The molecule has 1 aromatic heterocycles. The molecular formula is C17H25N3O. The monoisotopic (exact) mass is 287 g/mol. The van der Waals surface area contributed by atoms with Crippen LogP contribution in [0.5, 0.6) is 0 Å². The standard InChI is InChI=1S/C17H25N3O/c1-5-18-11-14-10-17(20(3)13(2)12-21-4)15-8-6-7-9-16(15)19-14/h6-10,13,18H,5,11-12H2,1-4H3. The predicted molar refractivity (Wildman–Crippen MR) is 88.9 cm³/mol. The Hall–Kier alpha value is -1.65. The van der Waals surface area contributed by atoms with Gasteiger partial charge in [-0.05, 0) is 25.6 Å². The molecule has 0 aliphatic rings. The van der Waals surface area contributed by atoms with Crippen LogP contribution >= 0.6 is 0 Å². The van der Waals surface area contributed by atoms with Gasteiger partial charge >= 0.3 is 0 Å². The molecule has 4 heteroatoms. The van der Waals surface area contributed by atoms with Crippen LogP contribution in [0.3, 0.4) is 0 Å². The van der Waals surface area contributed by atoms with Crippen molar-refractivity contribution in [2.24, 2.45) is 0 Å². The van der Waals surface area contributed by atoms with Crippen LogP contribution in [0.4, 0.5) is 5.69 Å². The van der Waals surface area contributed by atoms with Crippen LogP contribution in [0.1, 0.15) is 19.5 Å². The number of likely N-dealkylation sites (N-methyl/N-ethyl adjacent to an activating group) is 1. The Morgan fingerprint density at radius 3 is 2.81 bits per heavy atom. The van der Waals surface area contributed by atoms with Crippen molar-refractivity contribution in [2.75, 3.05) is 32.2 Å². The third kappa shape index (κ3) is 3.71. The van der Waals surface area contributed by atoms with Gasteiger partial charge in [0.25, 0.3) is 0 Å². The number of fused-ring (bicyclic) bond motifs is 1. The van der Waals surface area contributed by atoms with Crippen molar-refractivity contribution in [3.8, 4) is 0 Å². The zero-order valence-electron chi connectivity index (χ0n) is 13.4. The lowest BCUT2D eigenvalue weighted by molar-refractivity contribution is 0.183. The summed E-state index contributed by atoms with van der Waals surface area (Å²) in [5.74, 6) is 0. The Morgan fingerprint density at radius 1 is 1.33 bits per heavy atom. The first-order chi connectivity index (χ1) is 10.2. The van der Waals surface area contributed by atoms with Gasteiger partial charge in [-0.1, -0.05) is 25.1 Å². The molecule has 1 N–H and O–H groups in total. The molecule has 1 unspecified atom stereocenters. The van der Waals surface area contributed by atoms with E-state index in [2.05, 4.69) is 55.4 Å². The van der Waals surface area contributed by atoms with E-state index in [0.717, 1.165) is 24.3 Å². The van der Waals surface area contributed by atoms with Gasteiger partial charge in [-0.3, -0.25) is 4.98 Å². The number of ether oxygens (including phenoxy) is 1. The van der Waals surface area contributed by atoms with E-state index in [1.807, 2.05) is 6.07 Å². The first-order valence-electron chi connectivity index (χ1n) is 7.48. The van der Waals surface area contributed by atoms with E-state index in [-0.39, 0.29) is 0 Å². The summed E-state index contributed by atoms with van der Waals surface area (Å²) in [5.41, 5.74) is 3.32. The normalized spacial score (nSPS) is 12.6. The largest absolute Gasteiger partial charge is 0.383 e. The zero-order chi connectivity index (χ0) is 15.2. The second-order valence-electron chi connectivity index (χ2n) is 5.35. The summed E-state index contributed by atoms with van der Waals surface area (Å²) in [6.45, 7) is 6.72. The van der Waals surface area contributed by atoms with Crippen molar-refractivity contribution >= 4 is 16.6 Å². The van der Waals surface area contributed by atoms with Crippen LogP contribution < -0.4 is 10.2 Å². The minimum absolute atomic E-state index is 0.313. The molecule has 0 aliphatic carbocycles. The van der Waals surface area contributed by atoms with Gasteiger partial charge in [0, 0.05) is 37.8 Å². The molecule has 1 aromatic carbocycles. The summed E-state index contributed by atoms with van der Waals surface area (Å²) in [4.78, 5) is 7.01. The Bertz CT molecular complexity index is 585. The van der Waals surface area contributed by atoms with Gasteiger partial charge in [-0.2, -0.15) is 0 Å². The van der Waals surface area contributed by atoms with Crippen molar-refractivity contribution < 1.29 is 4.74 Å². The van der Waals surface area contributed by atoms with Crippen molar-refractivity contribution in [1.29, 1.82) is 0 Å². The number of anilines is 1. The Balaban J connectivity index is 2.43. The molecule has 0 radical (unpaired) electrons. The van der Waals surface area contributed by atoms with E-state index in [4.69, 9.17) is 9.72 Å². The van der Waals surface area contributed by atoms with Gasteiger partial charge in [0.2, 0.25) is 0 Å². The minimum atomic E-state index is 0.313. The number of nitrogens with zero attached hydrogens (tertiary/aromatic N) is 2. The number of hydrogen-bond acceptors (Lipinski definition) is 4. The third-order valence-electron chi connectivity index (χ3n) is 3.75. The first-order valence-corrected chi connectivity index (χ1v) is 7.48. The molecule has 4 nitrogen and oxygen atoms in total. The summed E-state index contributed by atoms with van der Waals surface area (Å²) >= 11 is 0. The summed E-state index contributed by atoms with van der Waals surface area (Å²) in [7, 11) is 3.86. The maximum absolute atomic E-state index is 5.28. The molecule has 0 saturated heterocycles. The number of para-hydroxylation sites is 1. The lowest BCUT2D eigenvalue weighted by Crippen LogP contribution is -2.33. The molecule has 21 heavy (non-hydrogen) atoms. The molecule has 2 rings (SSSR count). The van der Waals surface area contributed by atoms with Crippen LogP contribution in [0, 0.1) is 0 Å². The van der Waals surface area contributed by atoms with Crippen LogP contribution in [0.25, 0.3) is 10.9 Å². The summed E-state index contributed by atoms with van der Waals surface area (Å²) in [5, 5.41) is 4.53. The fourth-order valence-corrected chi connectivity index (χ4v) is 2.44. The van der Waals surface area contributed by atoms with Crippen LogP contribution in [0.15, 0.2) is 30.3 Å². The van der Waals surface area contributed by atoms with E-state index < -0.39 is 0 Å². The van der Waals surface area contributed by atoms with Crippen molar-refractivity contribution in [3.05, 3.63) is 36.0 Å². The van der Waals surface area contributed by atoms with E-state index >= 15 is 0 Å². The highest BCUT2D eigenvalue weighted by molar-refractivity contribution is 5.92. The second kappa shape index (κ2) is 7.38. The number of benzene rings is 1. The SMILES string of the molecule is CCNCc1cc(N(C)C(C)COC)c2ccccc2n1.